The van der Waals surface area contributed by atoms with Gasteiger partial charge in [-0.05, 0) is 24.3 Å². The van der Waals surface area contributed by atoms with E-state index in [4.69, 9.17) is 9.26 Å². The van der Waals surface area contributed by atoms with Crippen molar-refractivity contribution in [2.45, 2.75) is 13.0 Å². The summed E-state index contributed by atoms with van der Waals surface area (Å²) in [4.78, 5) is 26.5. The largest absolute Gasteiger partial charge is 0.497 e. The Morgan fingerprint density at radius 1 is 1.21 bits per heavy atom. The Kier molecular flexibility index (Phi) is 5.29. The number of hydrogen-bond donors (Lipinski definition) is 1. The van der Waals surface area contributed by atoms with Gasteiger partial charge in [-0.15, -0.1) is 0 Å². The van der Waals surface area contributed by atoms with Crippen molar-refractivity contribution in [3.8, 4) is 17.1 Å². The van der Waals surface area contributed by atoms with Gasteiger partial charge in [0.05, 0.1) is 19.6 Å². The predicted molar refractivity (Wildman–Crippen MR) is 107 cm³/mol. The summed E-state index contributed by atoms with van der Waals surface area (Å²) in [7, 11) is 1.59. The number of hydrogen-bond acceptors (Lipinski definition) is 5. The Hall–Kier alpha value is -3.61. The fraction of sp³-hybridized carbons (Fsp3) is 0.227. The number of amides is 2. The summed E-state index contributed by atoms with van der Waals surface area (Å²) in [5.41, 5.74) is 2.32. The number of carbonyl (C=O) groups excluding carboxylic acids is 2. The van der Waals surface area contributed by atoms with E-state index in [9.17, 15) is 9.59 Å². The molecular formula is C22H21N3O4. The highest BCUT2D eigenvalue weighted by molar-refractivity contribution is 6.00. The number of ether oxygens (including phenoxy) is 1. The Morgan fingerprint density at radius 2 is 1.97 bits per heavy atom. The van der Waals surface area contributed by atoms with Crippen LogP contribution in [0.1, 0.15) is 12.1 Å². The average molecular weight is 391 g/mol. The second-order valence-corrected chi connectivity index (χ2v) is 6.87. The number of aromatic nitrogens is 1. The van der Waals surface area contributed by atoms with Crippen LogP contribution in [0.25, 0.3) is 11.3 Å². The monoisotopic (exact) mass is 391 g/mol. The number of nitrogens with one attached hydrogen (secondary N) is 1. The molecule has 1 aromatic heterocycles. The first-order valence-electron chi connectivity index (χ1n) is 9.37. The smallest absolute Gasteiger partial charge is 0.227 e. The summed E-state index contributed by atoms with van der Waals surface area (Å²) < 4.78 is 10.5. The minimum atomic E-state index is -0.398. The van der Waals surface area contributed by atoms with E-state index in [0.29, 0.717) is 18.0 Å². The molecule has 2 amide bonds. The van der Waals surface area contributed by atoms with Gasteiger partial charge >= 0.3 is 0 Å². The van der Waals surface area contributed by atoms with Crippen molar-refractivity contribution in [2.75, 3.05) is 18.6 Å². The Labute approximate surface area is 168 Å². The predicted octanol–water partition coefficient (Wildman–Crippen LogP) is 3.02. The highest BCUT2D eigenvalue weighted by Crippen LogP contribution is 2.27. The third-order valence-corrected chi connectivity index (χ3v) is 4.94. The van der Waals surface area contributed by atoms with Crippen LogP contribution < -0.4 is 15.0 Å². The summed E-state index contributed by atoms with van der Waals surface area (Å²) in [6, 6.07) is 18.7. The summed E-state index contributed by atoms with van der Waals surface area (Å²) >= 11 is 0. The molecule has 0 unspecified atom stereocenters. The first-order valence-corrected chi connectivity index (χ1v) is 9.37. The van der Waals surface area contributed by atoms with Crippen molar-refractivity contribution in [1.29, 1.82) is 0 Å². The molecule has 1 saturated heterocycles. The minimum absolute atomic E-state index is 0.0666. The zero-order valence-corrected chi connectivity index (χ0v) is 16.0. The van der Waals surface area contributed by atoms with Crippen molar-refractivity contribution in [1.82, 2.24) is 10.5 Å². The topological polar surface area (TPSA) is 84.7 Å². The van der Waals surface area contributed by atoms with Crippen LogP contribution in [0.5, 0.6) is 5.75 Å². The molecule has 0 bridgehead atoms. The van der Waals surface area contributed by atoms with Crippen molar-refractivity contribution in [3.05, 3.63) is 66.4 Å². The lowest BCUT2D eigenvalue weighted by molar-refractivity contribution is -0.126. The quantitative estimate of drug-likeness (QED) is 0.698. The molecule has 4 rings (SSSR count). The maximum absolute atomic E-state index is 12.5. The molecule has 1 N–H and O–H groups in total. The third kappa shape index (κ3) is 4.13. The molecule has 2 heterocycles. The number of rotatable bonds is 6. The normalized spacial score (nSPS) is 16.1. The van der Waals surface area contributed by atoms with E-state index in [-0.39, 0.29) is 24.8 Å². The van der Waals surface area contributed by atoms with Crippen molar-refractivity contribution in [3.63, 3.8) is 0 Å². The molecule has 1 aliphatic rings. The molecule has 3 aromatic rings. The highest BCUT2D eigenvalue weighted by atomic mass is 16.5. The summed E-state index contributed by atoms with van der Waals surface area (Å²) in [6.07, 6.45) is 0.186. The summed E-state index contributed by atoms with van der Waals surface area (Å²) in [5.74, 6) is 0.737. The van der Waals surface area contributed by atoms with E-state index in [2.05, 4.69) is 10.5 Å². The molecule has 1 aliphatic heterocycles. The highest BCUT2D eigenvalue weighted by Gasteiger charge is 2.35. The van der Waals surface area contributed by atoms with E-state index in [0.717, 1.165) is 17.0 Å². The van der Waals surface area contributed by atoms with E-state index in [1.807, 2.05) is 42.5 Å². The molecule has 0 radical (unpaired) electrons. The molecule has 1 fully saturated rings. The third-order valence-electron chi connectivity index (χ3n) is 4.94. The standard InChI is InChI=1S/C22H21N3O4/c1-28-19-9-7-18(8-10-19)25-14-16(11-21(25)26)22(27)23-13-17-12-20(29-24-17)15-5-3-2-4-6-15/h2-10,12,16H,11,13-14H2,1H3,(H,23,27)/t16-/m0/s1. The lowest BCUT2D eigenvalue weighted by Crippen LogP contribution is -2.32. The number of methoxy groups -OCH3 is 1. The lowest BCUT2D eigenvalue weighted by Gasteiger charge is -2.17. The SMILES string of the molecule is COc1ccc(N2C[C@@H](C(=O)NCc3cc(-c4ccccc4)on3)CC2=O)cc1. The van der Waals surface area contributed by atoms with Crippen LogP contribution in [0.4, 0.5) is 5.69 Å². The van der Waals surface area contributed by atoms with Crippen LogP contribution >= 0.6 is 0 Å². The Bertz CT molecular complexity index is 998. The molecule has 148 valence electrons. The maximum Gasteiger partial charge on any atom is 0.227 e. The van der Waals surface area contributed by atoms with Gasteiger partial charge in [0.25, 0.3) is 0 Å². The van der Waals surface area contributed by atoms with E-state index >= 15 is 0 Å². The van der Waals surface area contributed by atoms with Crippen molar-refractivity contribution >= 4 is 17.5 Å². The van der Waals surface area contributed by atoms with Gasteiger partial charge in [-0.1, -0.05) is 35.5 Å². The van der Waals surface area contributed by atoms with Gasteiger partial charge in [-0.3, -0.25) is 9.59 Å². The molecule has 0 aliphatic carbocycles. The van der Waals surface area contributed by atoms with Gasteiger partial charge in [0.2, 0.25) is 11.8 Å². The summed E-state index contributed by atoms with van der Waals surface area (Å²) in [5, 5.41) is 6.86. The van der Waals surface area contributed by atoms with Gasteiger partial charge in [-0.2, -0.15) is 0 Å². The van der Waals surface area contributed by atoms with Crippen molar-refractivity contribution < 1.29 is 18.8 Å². The van der Waals surface area contributed by atoms with Crippen LogP contribution in [-0.2, 0) is 16.1 Å². The second-order valence-electron chi connectivity index (χ2n) is 6.87. The fourth-order valence-corrected chi connectivity index (χ4v) is 3.35. The molecule has 29 heavy (non-hydrogen) atoms. The van der Waals surface area contributed by atoms with E-state index in [1.165, 1.54) is 0 Å². The number of nitrogens with zero attached hydrogens (tertiary/aromatic N) is 2. The van der Waals surface area contributed by atoms with E-state index < -0.39 is 5.92 Å². The minimum Gasteiger partial charge on any atom is -0.497 e. The van der Waals surface area contributed by atoms with Gasteiger partial charge in [0.1, 0.15) is 11.4 Å². The zero-order chi connectivity index (χ0) is 20.2. The van der Waals surface area contributed by atoms with E-state index in [1.54, 1.807) is 30.2 Å². The molecule has 1 atom stereocenters. The fourth-order valence-electron chi connectivity index (χ4n) is 3.35. The number of carbonyl (C=O) groups is 2. The lowest BCUT2D eigenvalue weighted by atomic mass is 10.1. The zero-order valence-electron chi connectivity index (χ0n) is 16.0. The molecule has 0 saturated carbocycles. The molecule has 7 nitrogen and oxygen atoms in total. The number of anilines is 1. The first-order chi connectivity index (χ1) is 14.1. The first kappa shape index (κ1) is 18.7. The van der Waals surface area contributed by atoms with Gasteiger partial charge in [-0.25, -0.2) is 0 Å². The molecular weight excluding hydrogens is 370 g/mol. The molecule has 2 aromatic carbocycles. The van der Waals surface area contributed by atoms with Gasteiger partial charge in [0.15, 0.2) is 5.76 Å². The molecule has 0 spiro atoms. The van der Waals surface area contributed by atoms with Crippen LogP contribution in [-0.4, -0.2) is 30.6 Å². The second kappa shape index (κ2) is 8.18. The van der Waals surface area contributed by atoms with Crippen molar-refractivity contribution in [2.24, 2.45) is 5.92 Å². The van der Waals surface area contributed by atoms with Gasteiger partial charge < -0.3 is 19.5 Å². The van der Waals surface area contributed by atoms with Crippen LogP contribution in [0.2, 0.25) is 0 Å². The Morgan fingerprint density at radius 3 is 2.69 bits per heavy atom. The maximum atomic E-state index is 12.5. The van der Waals surface area contributed by atoms with Crippen LogP contribution in [0, 0.1) is 5.92 Å². The Balaban J connectivity index is 1.34. The van der Waals surface area contributed by atoms with Gasteiger partial charge in [0, 0.05) is 30.3 Å². The molecule has 7 heteroatoms. The average Bonchev–Trinajstić information content (AvgIpc) is 3.40. The van der Waals surface area contributed by atoms with Crippen LogP contribution in [0.15, 0.2) is 65.2 Å². The number of benzene rings is 2. The summed E-state index contributed by atoms with van der Waals surface area (Å²) in [6.45, 7) is 0.605. The van der Waals surface area contributed by atoms with Crippen LogP contribution in [0.3, 0.4) is 0 Å².